The van der Waals surface area contributed by atoms with E-state index in [1.807, 2.05) is 0 Å². The van der Waals surface area contributed by atoms with Gasteiger partial charge in [0.2, 0.25) is 5.01 Å². The molecular weight excluding hydrogens is 288 g/mol. The number of hydrogen-bond acceptors (Lipinski definition) is 6. The Morgan fingerprint density at radius 2 is 2.26 bits per heavy atom. The Bertz CT molecular complexity index is 487. The number of nitrogens with zero attached hydrogens (tertiary/aromatic N) is 1. The third-order valence-electron chi connectivity index (χ3n) is 2.05. The molecular formula is C11H16N2O4S2. The fourth-order valence-corrected chi connectivity index (χ4v) is 2.83. The third-order valence-corrected chi connectivity index (χ3v) is 3.84. The van der Waals surface area contributed by atoms with Gasteiger partial charge in [-0.15, -0.1) is 11.3 Å². The van der Waals surface area contributed by atoms with Gasteiger partial charge in [0.25, 0.3) is 5.91 Å². The first kappa shape index (κ1) is 15.8. The molecule has 2 unspecified atom stereocenters. The van der Waals surface area contributed by atoms with Crippen LogP contribution in [0.1, 0.15) is 34.1 Å². The van der Waals surface area contributed by atoms with Crippen LogP contribution < -0.4 is 5.32 Å². The van der Waals surface area contributed by atoms with Gasteiger partial charge in [0.15, 0.2) is 0 Å². The van der Waals surface area contributed by atoms with Crippen molar-refractivity contribution in [1.82, 2.24) is 10.3 Å². The molecule has 1 aromatic heterocycles. The Morgan fingerprint density at radius 3 is 2.84 bits per heavy atom. The minimum Gasteiger partial charge on any atom is -0.461 e. The summed E-state index contributed by atoms with van der Waals surface area (Å²) in [5.74, 6) is -0.542. The number of thiazole rings is 1. The van der Waals surface area contributed by atoms with E-state index < -0.39 is 16.8 Å². The highest BCUT2D eigenvalue weighted by Crippen LogP contribution is 2.11. The van der Waals surface area contributed by atoms with Crippen molar-refractivity contribution in [2.75, 3.05) is 18.6 Å². The number of ether oxygens (including phenoxy) is 1. The topological polar surface area (TPSA) is 85.4 Å². The van der Waals surface area contributed by atoms with Crippen LogP contribution in [0.15, 0.2) is 5.38 Å². The summed E-state index contributed by atoms with van der Waals surface area (Å²) in [5.41, 5.74) is 0.168. The van der Waals surface area contributed by atoms with Gasteiger partial charge < -0.3 is 10.1 Å². The van der Waals surface area contributed by atoms with Gasteiger partial charge in [-0.1, -0.05) is 0 Å². The molecule has 1 aromatic rings. The van der Waals surface area contributed by atoms with Crippen molar-refractivity contribution in [3.05, 3.63) is 16.1 Å². The standard InChI is InChI=1S/C11H16N2O4S2/c1-4-17-11(15)10-13-8(5-18-10)9(14)12-7(2)6-19(3)16/h5,7H,4,6H2,1-3H3,(H,12,14). The van der Waals surface area contributed by atoms with E-state index in [4.69, 9.17) is 4.74 Å². The SMILES string of the molecule is CCOC(=O)c1nc(C(=O)NC(C)CS(C)=O)cs1. The Balaban J connectivity index is 2.63. The fraction of sp³-hybridized carbons (Fsp3) is 0.545. The number of nitrogens with one attached hydrogen (secondary N) is 1. The Morgan fingerprint density at radius 1 is 1.58 bits per heavy atom. The van der Waals surface area contributed by atoms with Crippen LogP contribution in [-0.4, -0.2) is 45.7 Å². The summed E-state index contributed by atoms with van der Waals surface area (Å²) in [6, 6.07) is -0.217. The molecule has 0 aromatic carbocycles. The predicted octanol–water partition coefficient (Wildman–Crippen LogP) is 0.817. The molecule has 106 valence electrons. The lowest BCUT2D eigenvalue weighted by Gasteiger charge is -2.10. The van der Waals surface area contributed by atoms with Crippen LogP contribution in [0, 0.1) is 0 Å². The van der Waals surface area contributed by atoms with Crippen LogP contribution in [0.25, 0.3) is 0 Å². The monoisotopic (exact) mass is 304 g/mol. The molecule has 2 atom stereocenters. The van der Waals surface area contributed by atoms with Gasteiger partial charge in [0.1, 0.15) is 5.69 Å². The minimum atomic E-state index is -0.980. The lowest BCUT2D eigenvalue weighted by atomic mass is 10.3. The van der Waals surface area contributed by atoms with Gasteiger partial charge >= 0.3 is 5.97 Å². The Hall–Kier alpha value is -1.28. The highest BCUT2D eigenvalue weighted by atomic mass is 32.2. The Labute approximate surface area is 118 Å². The summed E-state index contributed by atoms with van der Waals surface area (Å²) in [6.45, 7) is 3.73. The normalized spacial score (nSPS) is 13.6. The number of aromatic nitrogens is 1. The zero-order valence-corrected chi connectivity index (χ0v) is 12.6. The fourth-order valence-electron chi connectivity index (χ4n) is 1.36. The summed E-state index contributed by atoms with van der Waals surface area (Å²) >= 11 is 1.06. The smallest absolute Gasteiger partial charge is 0.367 e. The van der Waals surface area contributed by atoms with Crippen LogP contribution in [0.2, 0.25) is 0 Å². The second-order valence-corrected chi connectivity index (χ2v) is 6.21. The molecule has 0 saturated carbocycles. The van der Waals surface area contributed by atoms with Gasteiger partial charge in [0.05, 0.1) is 6.61 Å². The van der Waals surface area contributed by atoms with Crippen molar-refractivity contribution < 1.29 is 18.5 Å². The predicted molar refractivity (Wildman–Crippen MR) is 73.9 cm³/mol. The van der Waals surface area contributed by atoms with E-state index in [1.165, 1.54) is 5.38 Å². The molecule has 19 heavy (non-hydrogen) atoms. The van der Waals surface area contributed by atoms with Crippen molar-refractivity contribution in [2.45, 2.75) is 19.9 Å². The molecule has 0 saturated heterocycles. The van der Waals surface area contributed by atoms with E-state index in [0.717, 1.165) is 11.3 Å². The summed E-state index contributed by atoms with van der Waals surface area (Å²) < 4.78 is 15.8. The summed E-state index contributed by atoms with van der Waals surface area (Å²) in [7, 11) is -0.980. The number of esters is 1. The van der Waals surface area contributed by atoms with Crippen molar-refractivity contribution in [2.24, 2.45) is 0 Å². The lowest BCUT2D eigenvalue weighted by molar-refractivity contribution is 0.0526. The minimum absolute atomic E-state index is 0.152. The molecule has 0 aliphatic rings. The molecule has 1 N–H and O–H groups in total. The van der Waals surface area contributed by atoms with Gasteiger partial charge in [0, 0.05) is 34.2 Å². The quantitative estimate of drug-likeness (QED) is 0.786. The summed E-state index contributed by atoms with van der Waals surface area (Å²) in [6.07, 6.45) is 1.57. The molecule has 8 heteroatoms. The lowest BCUT2D eigenvalue weighted by Crippen LogP contribution is -2.36. The molecule has 1 heterocycles. The first-order chi connectivity index (χ1) is 8.93. The Kier molecular flexibility index (Phi) is 6.10. The van der Waals surface area contributed by atoms with E-state index in [-0.39, 0.29) is 29.3 Å². The largest absolute Gasteiger partial charge is 0.461 e. The first-order valence-corrected chi connectivity index (χ1v) is 8.28. The molecule has 0 aliphatic heterocycles. The molecule has 6 nitrogen and oxygen atoms in total. The van der Waals surface area contributed by atoms with Gasteiger partial charge in [-0.25, -0.2) is 9.78 Å². The van der Waals surface area contributed by atoms with Crippen LogP contribution in [-0.2, 0) is 15.5 Å². The molecule has 0 spiro atoms. The van der Waals surface area contributed by atoms with Crippen molar-refractivity contribution in [3.8, 4) is 0 Å². The van der Waals surface area contributed by atoms with E-state index in [1.54, 1.807) is 20.1 Å². The average molecular weight is 304 g/mol. The van der Waals surface area contributed by atoms with Crippen LogP contribution in [0.5, 0.6) is 0 Å². The number of hydrogen-bond donors (Lipinski definition) is 1. The van der Waals surface area contributed by atoms with Gasteiger partial charge in [-0.05, 0) is 13.8 Å². The number of carbonyl (C=O) groups excluding carboxylic acids is 2. The van der Waals surface area contributed by atoms with Crippen LogP contribution >= 0.6 is 11.3 Å². The van der Waals surface area contributed by atoms with Crippen LogP contribution in [0.3, 0.4) is 0 Å². The summed E-state index contributed by atoms with van der Waals surface area (Å²) in [4.78, 5) is 27.1. The first-order valence-electron chi connectivity index (χ1n) is 5.67. The third kappa shape index (κ3) is 5.07. The zero-order valence-electron chi connectivity index (χ0n) is 11.0. The number of carbonyl (C=O) groups is 2. The van der Waals surface area contributed by atoms with E-state index in [0.29, 0.717) is 5.75 Å². The molecule has 1 rings (SSSR count). The molecule has 0 aliphatic carbocycles. The van der Waals surface area contributed by atoms with Crippen molar-refractivity contribution in [1.29, 1.82) is 0 Å². The maximum absolute atomic E-state index is 11.8. The number of amides is 1. The highest BCUT2D eigenvalue weighted by Gasteiger charge is 2.17. The molecule has 0 radical (unpaired) electrons. The maximum Gasteiger partial charge on any atom is 0.367 e. The average Bonchev–Trinajstić information content (AvgIpc) is 2.77. The van der Waals surface area contributed by atoms with Gasteiger partial charge in [-0.3, -0.25) is 9.00 Å². The zero-order chi connectivity index (χ0) is 14.4. The van der Waals surface area contributed by atoms with E-state index in [2.05, 4.69) is 10.3 Å². The maximum atomic E-state index is 11.8. The molecule has 0 bridgehead atoms. The van der Waals surface area contributed by atoms with E-state index >= 15 is 0 Å². The second kappa shape index (κ2) is 7.34. The second-order valence-electron chi connectivity index (χ2n) is 3.87. The highest BCUT2D eigenvalue weighted by molar-refractivity contribution is 7.84. The van der Waals surface area contributed by atoms with Crippen LogP contribution in [0.4, 0.5) is 0 Å². The van der Waals surface area contributed by atoms with Gasteiger partial charge in [-0.2, -0.15) is 0 Å². The number of rotatable bonds is 6. The van der Waals surface area contributed by atoms with E-state index in [9.17, 15) is 13.8 Å². The molecule has 0 fully saturated rings. The van der Waals surface area contributed by atoms with Crippen molar-refractivity contribution >= 4 is 34.0 Å². The summed E-state index contributed by atoms with van der Waals surface area (Å²) in [5, 5.41) is 4.32. The van der Waals surface area contributed by atoms with Crippen molar-refractivity contribution in [3.63, 3.8) is 0 Å². The molecule has 1 amide bonds.